The number of rotatable bonds is 5. The molecule has 4 rings (SSSR count). The molecule has 3 heterocycles. The van der Waals surface area contributed by atoms with Crippen molar-refractivity contribution in [2.45, 2.75) is 13.2 Å². The van der Waals surface area contributed by atoms with Crippen molar-refractivity contribution in [3.05, 3.63) is 46.9 Å². The Balaban J connectivity index is 1.58. The smallest absolute Gasteiger partial charge is 0.277 e. The number of hydrogen-bond donors (Lipinski definition) is 4. The number of ether oxygens (including phenoxy) is 2. The summed E-state index contributed by atoms with van der Waals surface area (Å²) in [6.07, 6.45) is -0.779. The van der Waals surface area contributed by atoms with Crippen molar-refractivity contribution in [3.63, 3.8) is 0 Å². The van der Waals surface area contributed by atoms with Crippen LogP contribution >= 0.6 is 11.3 Å². The Morgan fingerprint density at radius 2 is 2.00 bits per heavy atom. The molecule has 0 unspecified atom stereocenters. The van der Waals surface area contributed by atoms with Crippen LogP contribution in [0.1, 0.15) is 28.2 Å². The van der Waals surface area contributed by atoms with Crippen LogP contribution in [0.3, 0.4) is 0 Å². The second-order valence-electron chi connectivity index (χ2n) is 6.99. The van der Waals surface area contributed by atoms with Crippen LogP contribution in [0.15, 0.2) is 18.2 Å². The molecular weight excluding hydrogens is 430 g/mol. The number of aryl methyl sites for hydroxylation is 1. The highest BCUT2D eigenvalue weighted by Gasteiger charge is 2.29. The van der Waals surface area contributed by atoms with Crippen molar-refractivity contribution in [2.75, 3.05) is 30.8 Å². The predicted molar refractivity (Wildman–Crippen MR) is 110 cm³/mol. The highest BCUT2D eigenvalue weighted by atomic mass is 32.1. The molecule has 1 aromatic carbocycles. The number of halogens is 2. The monoisotopic (exact) mass is 450 g/mol. The molecule has 0 atom stereocenters. The summed E-state index contributed by atoms with van der Waals surface area (Å²) in [6, 6.07) is 3.46. The number of amides is 1. The summed E-state index contributed by atoms with van der Waals surface area (Å²) < 4.78 is 39.5. The second-order valence-corrected chi connectivity index (χ2v) is 8.02. The maximum atomic E-state index is 14.1. The van der Waals surface area contributed by atoms with E-state index in [9.17, 15) is 13.6 Å². The first kappa shape index (κ1) is 21.3. The minimum atomic E-state index is -0.795. The van der Waals surface area contributed by atoms with E-state index in [-0.39, 0.29) is 27.2 Å². The van der Waals surface area contributed by atoms with Crippen molar-refractivity contribution in [1.29, 1.82) is 0 Å². The summed E-state index contributed by atoms with van der Waals surface area (Å²) in [6.45, 7) is 2.94. The standard InChI is InChI=1S/C19H20F2N6O3S/c1-8-13(14(27-26-8)19-29-6-9(5-22)7-30-19)24-17(28)15-16(23)31-18(25-15)12-10(20)3-2-4-11(12)21/h2-4,9,19H,5-7,22-23H2,1H3,(H,24,28)(H,26,27). The average Bonchev–Trinajstić information content (AvgIpc) is 3.31. The molecule has 1 saturated heterocycles. The zero-order valence-electron chi connectivity index (χ0n) is 16.4. The Morgan fingerprint density at radius 3 is 2.65 bits per heavy atom. The fraction of sp³-hybridized carbons (Fsp3) is 0.316. The number of carbonyl (C=O) groups excluding carboxylic acids is 1. The lowest BCUT2D eigenvalue weighted by atomic mass is 10.1. The van der Waals surface area contributed by atoms with Gasteiger partial charge in [0.25, 0.3) is 5.91 Å². The van der Waals surface area contributed by atoms with Gasteiger partial charge in [-0.05, 0) is 25.6 Å². The summed E-state index contributed by atoms with van der Waals surface area (Å²) in [4.78, 5) is 16.9. The van der Waals surface area contributed by atoms with Gasteiger partial charge in [0.15, 0.2) is 5.69 Å². The zero-order valence-corrected chi connectivity index (χ0v) is 17.3. The van der Waals surface area contributed by atoms with E-state index in [2.05, 4.69) is 20.5 Å². The SMILES string of the molecule is Cc1[nH]nc(C2OCC(CN)CO2)c1NC(=O)c1nc(-c2c(F)cccc2F)sc1N. The molecule has 0 spiro atoms. The first-order valence-electron chi connectivity index (χ1n) is 9.39. The third kappa shape index (κ3) is 4.14. The highest BCUT2D eigenvalue weighted by molar-refractivity contribution is 7.19. The average molecular weight is 450 g/mol. The Labute approximate surface area is 179 Å². The minimum Gasteiger partial charge on any atom is -0.389 e. The van der Waals surface area contributed by atoms with Crippen LogP contribution in [0.5, 0.6) is 0 Å². The maximum absolute atomic E-state index is 14.1. The van der Waals surface area contributed by atoms with Crippen LogP contribution in [0, 0.1) is 24.5 Å². The second kappa shape index (κ2) is 8.67. The summed E-state index contributed by atoms with van der Waals surface area (Å²) in [7, 11) is 0. The molecule has 0 bridgehead atoms. The number of anilines is 2. The molecular formula is C19H20F2N6O3S. The number of nitrogen functional groups attached to an aromatic ring is 1. The van der Waals surface area contributed by atoms with Crippen molar-refractivity contribution >= 4 is 27.9 Å². The largest absolute Gasteiger partial charge is 0.389 e. The molecule has 0 radical (unpaired) electrons. The van der Waals surface area contributed by atoms with Gasteiger partial charge in [-0.1, -0.05) is 17.4 Å². The molecule has 12 heteroatoms. The molecule has 1 aliphatic rings. The van der Waals surface area contributed by atoms with Crippen molar-refractivity contribution in [1.82, 2.24) is 15.2 Å². The van der Waals surface area contributed by atoms with Crippen molar-refractivity contribution in [3.8, 4) is 10.6 Å². The number of benzene rings is 1. The minimum absolute atomic E-state index is 0.0220. The Kier molecular flexibility index (Phi) is 5.96. The van der Waals surface area contributed by atoms with Gasteiger partial charge in [0, 0.05) is 5.92 Å². The van der Waals surface area contributed by atoms with Gasteiger partial charge in [-0.2, -0.15) is 5.10 Å². The number of carbonyl (C=O) groups is 1. The van der Waals surface area contributed by atoms with Crippen LogP contribution in [-0.4, -0.2) is 40.8 Å². The molecule has 0 aliphatic carbocycles. The van der Waals surface area contributed by atoms with E-state index < -0.39 is 23.8 Å². The van der Waals surface area contributed by atoms with Gasteiger partial charge in [0.2, 0.25) is 6.29 Å². The van der Waals surface area contributed by atoms with Crippen molar-refractivity contribution in [2.24, 2.45) is 11.7 Å². The quantitative estimate of drug-likeness (QED) is 0.468. The molecule has 1 aliphatic heterocycles. The zero-order chi connectivity index (χ0) is 22.1. The first-order valence-corrected chi connectivity index (χ1v) is 10.2. The van der Waals surface area contributed by atoms with E-state index in [0.29, 0.717) is 36.8 Å². The van der Waals surface area contributed by atoms with Crippen LogP contribution in [0.4, 0.5) is 19.5 Å². The number of nitrogens with zero attached hydrogens (tertiary/aromatic N) is 2. The lowest BCUT2D eigenvalue weighted by molar-refractivity contribution is -0.204. The number of H-pyrrole nitrogens is 1. The lowest BCUT2D eigenvalue weighted by Crippen LogP contribution is -2.32. The van der Waals surface area contributed by atoms with Gasteiger partial charge in [0.05, 0.1) is 30.2 Å². The fourth-order valence-corrected chi connectivity index (χ4v) is 3.97. The molecule has 164 valence electrons. The highest BCUT2D eigenvalue weighted by Crippen LogP contribution is 2.35. The van der Waals surface area contributed by atoms with E-state index in [4.69, 9.17) is 20.9 Å². The normalized spacial score (nSPS) is 18.8. The maximum Gasteiger partial charge on any atom is 0.277 e. The Hall–Kier alpha value is -2.93. The number of thiazole rings is 1. The molecule has 0 saturated carbocycles. The molecule has 31 heavy (non-hydrogen) atoms. The third-order valence-electron chi connectivity index (χ3n) is 4.78. The number of hydrogen-bond acceptors (Lipinski definition) is 8. The fourth-order valence-electron chi connectivity index (χ4n) is 3.09. The summed E-state index contributed by atoms with van der Waals surface area (Å²) in [5.74, 6) is -2.16. The Bertz CT molecular complexity index is 1090. The molecule has 2 aromatic heterocycles. The third-order valence-corrected chi connectivity index (χ3v) is 5.68. The van der Waals surface area contributed by atoms with E-state index >= 15 is 0 Å². The molecule has 6 N–H and O–H groups in total. The predicted octanol–water partition coefficient (Wildman–Crippen LogP) is 2.57. The van der Waals surface area contributed by atoms with Crippen LogP contribution in [0.2, 0.25) is 0 Å². The van der Waals surface area contributed by atoms with Crippen molar-refractivity contribution < 1.29 is 23.0 Å². The summed E-state index contributed by atoms with van der Waals surface area (Å²) >= 11 is 0.817. The van der Waals surface area contributed by atoms with Gasteiger partial charge in [-0.3, -0.25) is 9.89 Å². The molecule has 1 fully saturated rings. The number of aromatic amines is 1. The van der Waals surface area contributed by atoms with Gasteiger partial charge >= 0.3 is 0 Å². The van der Waals surface area contributed by atoms with Gasteiger partial charge in [-0.15, -0.1) is 0 Å². The van der Waals surface area contributed by atoms with Crippen LogP contribution < -0.4 is 16.8 Å². The van der Waals surface area contributed by atoms with Gasteiger partial charge in [-0.25, -0.2) is 13.8 Å². The molecule has 1 amide bonds. The molecule has 9 nitrogen and oxygen atoms in total. The number of aromatic nitrogens is 3. The Morgan fingerprint density at radius 1 is 1.32 bits per heavy atom. The van der Waals surface area contributed by atoms with E-state index in [1.54, 1.807) is 6.92 Å². The van der Waals surface area contributed by atoms with Gasteiger partial charge in [0.1, 0.15) is 27.3 Å². The first-order chi connectivity index (χ1) is 14.9. The van der Waals surface area contributed by atoms with E-state index in [1.807, 2.05) is 0 Å². The van der Waals surface area contributed by atoms with E-state index in [1.165, 1.54) is 6.07 Å². The lowest BCUT2D eigenvalue weighted by Gasteiger charge is -2.28. The topological polar surface area (TPSA) is 141 Å². The number of nitrogens with one attached hydrogen (secondary N) is 2. The summed E-state index contributed by atoms with van der Waals surface area (Å²) in [5.41, 5.74) is 12.3. The molecule has 3 aromatic rings. The van der Waals surface area contributed by atoms with E-state index in [0.717, 1.165) is 23.5 Å². The van der Waals surface area contributed by atoms with Crippen LogP contribution in [-0.2, 0) is 9.47 Å². The van der Waals surface area contributed by atoms with Crippen LogP contribution in [0.25, 0.3) is 10.6 Å². The number of nitrogens with two attached hydrogens (primary N) is 2. The van der Waals surface area contributed by atoms with Gasteiger partial charge < -0.3 is 26.3 Å². The summed E-state index contributed by atoms with van der Waals surface area (Å²) in [5, 5.41) is 9.63.